The molecule has 0 heterocycles. The molecule has 6 heteroatoms. The van der Waals surface area contributed by atoms with Gasteiger partial charge in [-0.1, -0.05) is 33.1 Å². The van der Waals surface area contributed by atoms with Crippen molar-refractivity contribution in [1.82, 2.24) is 5.32 Å². The van der Waals surface area contributed by atoms with Crippen LogP contribution in [0.4, 0.5) is 0 Å². The highest BCUT2D eigenvalue weighted by atomic mass is 16.5. The Morgan fingerprint density at radius 2 is 1.86 bits per heavy atom. The van der Waals surface area contributed by atoms with Crippen molar-refractivity contribution in [3.8, 4) is 0 Å². The van der Waals surface area contributed by atoms with Crippen LogP contribution >= 0.6 is 0 Å². The fourth-order valence-corrected chi connectivity index (χ4v) is 2.07. The van der Waals surface area contributed by atoms with Crippen LogP contribution in [0.3, 0.4) is 0 Å². The molecule has 0 radical (unpaired) electrons. The van der Waals surface area contributed by atoms with Crippen molar-refractivity contribution in [3.63, 3.8) is 0 Å². The van der Waals surface area contributed by atoms with E-state index in [1.165, 1.54) is 0 Å². The van der Waals surface area contributed by atoms with Crippen LogP contribution in [-0.2, 0) is 19.1 Å². The number of carbonyl (C=O) groups excluding carboxylic acids is 2. The molecule has 0 aromatic heterocycles. The predicted octanol–water partition coefficient (Wildman–Crippen LogP) is 2.51. The second-order valence-electron chi connectivity index (χ2n) is 5.62. The van der Waals surface area contributed by atoms with Gasteiger partial charge in [-0.2, -0.15) is 0 Å². The molecule has 0 aliphatic rings. The number of aliphatic carboxylic acids is 1. The van der Waals surface area contributed by atoms with Crippen LogP contribution in [0.25, 0.3) is 0 Å². The number of carboxylic acids is 1. The van der Waals surface area contributed by atoms with Gasteiger partial charge in [0, 0.05) is 6.54 Å². The van der Waals surface area contributed by atoms with Crippen LogP contribution in [-0.4, -0.2) is 35.6 Å². The monoisotopic (exact) mass is 315 g/mol. The van der Waals surface area contributed by atoms with Crippen molar-refractivity contribution in [1.29, 1.82) is 0 Å². The molecule has 0 aliphatic carbocycles. The summed E-state index contributed by atoms with van der Waals surface area (Å²) in [5, 5.41) is 11.3. The number of ether oxygens (including phenoxy) is 1. The summed E-state index contributed by atoms with van der Waals surface area (Å²) >= 11 is 0. The lowest BCUT2D eigenvalue weighted by Crippen LogP contribution is -2.32. The van der Waals surface area contributed by atoms with E-state index in [0.717, 1.165) is 25.7 Å². The molecule has 2 atom stereocenters. The van der Waals surface area contributed by atoms with Gasteiger partial charge in [-0.05, 0) is 19.3 Å². The Hall–Kier alpha value is -1.59. The van der Waals surface area contributed by atoms with Gasteiger partial charge in [0.1, 0.15) is 6.10 Å². The summed E-state index contributed by atoms with van der Waals surface area (Å²) in [4.78, 5) is 33.5. The van der Waals surface area contributed by atoms with Crippen molar-refractivity contribution in [3.05, 3.63) is 0 Å². The van der Waals surface area contributed by atoms with Gasteiger partial charge in [0.05, 0.1) is 19.3 Å². The van der Waals surface area contributed by atoms with Gasteiger partial charge >= 0.3 is 11.9 Å². The predicted molar refractivity (Wildman–Crippen MR) is 83.4 cm³/mol. The second-order valence-corrected chi connectivity index (χ2v) is 5.62. The van der Waals surface area contributed by atoms with Crippen LogP contribution < -0.4 is 5.32 Å². The molecule has 128 valence electrons. The number of nitrogens with one attached hydrogen (secondary N) is 1. The molecular weight excluding hydrogens is 286 g/mol. The van der Waals surface area contributed by atoms with E-state index in [9.17, 15) is 14.4 Å². The molecule has 0 bridgehead atoms. The van der Waals surface area contributed by atoms with Gasteiger partial charge < -0.3 is 15.2 Å². The number of esters is 1. The highest BCUT2D eigenvalue weighted by Gasteiger charge is 2.15. The largest absolute Gasteiger partial charge is 0.481 e. The molecule has 0 unspecified atom stereocenters. The lowest BCUT2D eigenvalue weighted by molar-refractivity contribution is -0.152. The van der Waals surface area contributed by atoms with Crippen molar-refractivity contribution in [2.75, 3.05) is 6.54 Å². The zero-order valence-corrected chi connectivity index (χ0v) is 13.9. The Morgan fingerprint density at radius 1 is 1.18 bits per heavy atom. The molecule has 0 rings (SSSR count). The number of carboxylic acid groups (broad SMARTS) is 1. The van der Waals surface area contributed by atoms with Gasteiger partial charge in [0.25, 0.3) is 0 Å². The van der Waals surface area contributed by atoms with E-state index in [1.807, 2.05) is 0 Å². The van der Waals surface area contributed by atoms with E-state index < -0.39 is 18.0 Å². The number of hydrogen-bond acceptors (Lipinski definition) is 4. The summed E-state index contributed by atoms with van der Waals surface area (Å²) in [6.07, 6.45) is 3.57. The van der Waals surface area contributed by atoms with Crippen molar-refractivity contribution >= 4 is 17.8 Å². The minimum atomic E-state index is -1.04. The van der Waals surface area contributed by atoms with E-state index >= 15 is 0 Å². The highest BCUT2D eigenvalue weighted by molar-refractivity contribution is 5.78. The minimum absolute atomic E-state index is 0.100. The fourth-order valence-electron chi connectivity index (χ4n) is 2.07. The van der Waals surface area contributed by atoms with Crippen molar-refractivity contribution < 1.29 is 24.2 Å². The van der Waals surface area contributed by atoms with Gasteiger partial charge in [-0.15, -0.1) is 0 Å². The maximum Gasteiger partial charge on any atom is 0.306 e. The maximum absolute atomic E-state index is 11.8. The zero-order chi connectivity index (χ0) is 17.0. The van der Waals surface area contributed by atoms with E-state index in [4.69, 9.17) is 9.84 Å². The summed E-state index contributed by atoms with van der Waals surface area (Å²) in [6, 6.07) is 0. The molecular formula is C16H29NO5. The van der Waals surface area contributed by atoms with E-state index in [2.05, 4.69) is 19.2 Å². The quantitative estimate of drug-likeness (QED) is 0.540. The molecule has 0 aromatic rings. The molecule has 0 aromatic carbocycles. The Bertz CT molecular complexity index is 356. The third-order valence-corrected chi connectivity index (χ3v) is 3.48. The Morgan fingerprint density at radius 3 is 2.41 bits per heavy atom. The van der Waals surface area contributed by atoms with Crippen LogP contribution in [0.5, 0.6) is 0 Å². The average Bonchev–Trinajstić information content (AvgIpc) is 2.45. The van der Waals surface area contributed by atoms with Crippen LogP contribution in [0.15, 0.2) is 0 Å². The molecule has 0 spiro atoms. The number of carbonyl (C=O) groups is 3. The SMILES string of the molecule is CCCC[C@@H](CC)CNC(=O)C[C@@H](C)OC(=O)CCC(=O)O. The first-order chi connectivity index (χ1) is 10.4. The Kier molecular flexibility index (Phi) is 11.1. The smallest absolute Gasteiger partial charge is 0.306 e. The summed E-state index contributed by atoms with van der Waals surface area (Å²) in [7, 11) is 0. The van der Waals surface area contributed by atoms with Crippen molar-refractivity contribution in [2.45, 2.75) is 71.8 Å². The van der Waals surface area contributed by atoms with E-state index in [-0.39, 0.29) is 25.2 Å². The summed E-state index contributed by atoms with van der Waals surface area (Å²) in [5.74, 6) is -1.29. The summed E-state index contributed by atoms with van der Waals surface area (Å²) in [5.41, 5.74) is 0. The first-order valence-corrected chi connectivity index (χ1v) is 8.06. The normalized spacial score (nSPS) is 13.2. The summed E-state index contributed by atoms with van der Waals surface area (Å²) in [6.45, 7) is 6.53. The average molecular weight is 315 g/mol. The van der Waals surface area contributed by atoms with Crippen LogP contribution in [0.1, 0.15) is 65.7 Å². The third-order valence-electron chi connectivity index (χ3n) is 3.48. The lowest BCUT2D eigenvalue weighted by atomic mass is 9.99. The number of unbranched alkanes of at least 4 members (excludes halogenated alkanes) is 1. The summed E-state index contributed by atoms with van der Waals surface area (Å²) < 4.78 is 5.01. The highest BCUT2D eigenvalue weighted by Crippen LogP contribution is 2.11. The third kappa shape index (κ3) is 11.1. The van der Waals surface area contributed by atoms with Crippen molar-refractivity contribution in [2.24, 2.45) is 5.92 Å². The Labute approximate surface area is 132 Å². The first kappa shape index (κ1) is 20.4. The molecule has 1 amide bonds. The first-order valence-electron chi connectivity index (χ1n) is 8.06. The fraction of sp³-hybridized carbons (Fsp3) is 0.812. The standard InChI is InChI=1S/C16H29NO5/c1-4-6-7-13(5-2)11-17-14(18)10-12(3)22-16(21)9-8-15(19)20/h12-13H,4-11H2,1-3H3,(H,17,18)(H,19,20)/t12-,13-/m1/s1. The molecule has 0 saturated heterocycles. The number of hydrogen-bond donors (Lipinski definition) is 2. The minimum Gasteiger partial charge on any atom is -0.481 e. The van der Waals surface area contributed by atoms with E-state index in [1.54, 1.807) is 6.92 Å². The number of amides is 1. The molecule has 2 N–H and O–H groups in total. The van der Waals surface area contributed by atoms with Gasteiger partial charge in [0.2, 0.25) is 5.91 Å². The van der Waals surface area contributed by atoms with Gasteiger partial charge in [0.15, 0.2) is 0 Å². The Balaban J connectivity index is 3.94. The van der Waals surface area contributed by atoms with Gasteiger partial charge in [-0.3, -0.25) is 14.4 Å². The molecule has 0 saturated carbocycles. The maximum atomic E-state index is 11.8. The molecule has 0 fully saturated rings. The molecule has 6 nitrogen and oxygen atoms in total. The zero-order valence-electron chi connectivity index (χ0n) is 13.9. The van der Waals surface area contributed by atoms with E-state index in [0.29, 0.717) is 12.5 Å². The molecule has 0 aliphatic heterocycles. The lowest BCUT2D eigenvalue weighted by Gasteiger charge is -2.17. The second kappa shape index (κ2) is 12.0. The van der Waals surface area contributed by atoms with Crippen LogP contribution in [0.2, 0.25) is 0 Å². The number of rotatable bonds is 12. The molecule has 22 heavy (non-hydrogen) atoms. The van der Waals surface area contributed by atoms with Crippen LogP contribution in [0, 0.1) is 5.92 Å². The van der Waals surface area contributed by atoms with Gasteiger partial charge in [-0.25, -0.2) is 0 Å². The topological polar surface area (TPSA) is 92.7 Å².